The third kappa shape index (κ3) is 6.46. The number of fused-ring (bicyclic) bond motifs is 20. The molecule has 82 heavy (non-hydrogen) atoms. The largest absolute Gasteiger partial charge is 0.454 e. The first-order valence-corrected chi connectivity index (χ1v) is 29.7. The minimum atomic E-state index is -0.451. The minimum absolute atomic E-state index is 0.451. The lowest BCUT2D eigenvalue weighted by molar-refractivity contribution is 0.669. The Labute approximate surface area is 481 Å². The second kappa shape index (κ2) is 17.5. The van der Waals surface area contributed by atoms with Crippen molar-refractivity contribution in [2.24, 2.45) is 0 Å². The van der Waals surface area contributed by atoms with Gasteiger partial charge >= 0.3 is 0 Å². The molecule has 18 rings (SSSR count). The van der Waals surface area contributed by atoms with Gasteiger partial charge in [0.2, 0.25) is 0 Å². The summed E-state index contributed by atoms with van der Waals surface area (Å²) in [6, 6.07) is 104. The van der Waals surface area contributed by atoms with Crippen molar-refractivity contribution in [2.45, 2.75) is 5.41 Å². The van der Waals surface area contributed by atoms with E-state index in [4.69, 9.17) is 4.42 Å². The number of rotatable bonds is 7. The van der Waals surface area contributed by atoms with E-state index in [1.54, 1.807) is 0 Å². The van der Waals surface area contributed by atoms with Crippen LogP contribution in [-0.4, -0.2) is 0 Å². The highest BCUT2D eigenvalue weighted by Crippen LogP contribution is 2.64. The van der Waals surface area contributed by atoms with Crippen LogP contribution < -0.4 is 9.80 Å². The van der Waals surface area contributed by atoms with E-state index in [9.17, 15) is 0 Å². The lowest BCUT2D eigenvalue weighted by Gasteiger charge is -2.30. The summed E-state index contributed by atoms with van der Waals surface area (Å²) in [6.45, 7) is 0. The fourth-order valence-electron chi connectivity index (χ4n) is 14.1. The van der Waals surface area contributed by atoms with E-state index in [2.05, 4.69) is 289 Å². The van der Waals surface area contributed by atoms with Crippen LogP contribution in [0.5, 0.6) is 0 Å². The first-order valence-electron chi connectivity index (χ1n) is 28.0. The highest BCUT2D eigenvalue weighted by Gasteiger charge is 2.51. The molecule has 13 aromatic carbocycles. The smallest absolute Gasteiger partial charge is 0.159 e. The molecular formula is C77H46N2OS2. The van der Waals surface area contributed by atoms with Crippen LogP contribution in [0.2, 0.25) is 0 Å². The Balaban J connectivity index is 0.889. The third-order valence-corrected chi connectivity index (χ3v) is 20.0. The van der Waals surface area contributed by atoms with Crippen molar-refractivity contribution in [2.75, 3.05) is 9.80 Å². The Morgan fingerprint density at radius 2 is 0.805 bits per heavy atom. The van der Waals surface area contributed by atoms with Crippen molar-refractivity contribution < 1.29 is 4.42 Å². The van der Waals surface area contributed by atoms with E-state index in [1.165, 1.54) is 95.6 Å². The SMILES string of the molecule is c1ccc(N(c2cc(N(c3ccccc3)c3cccc4c3sc3ccccc34)c3oc4ccc(-c5ccc6c(c5)-c5ccccc5C65c6ccccc6-c6cc7ccccc7cc65)cc4c3c2)c2cccc3c2sc2ccccc23)cc1. The lowest BCUT2D eigenvalue weighted by Crippen LogP contribution is -2.25. The molecule has 1 atom stereocenters. The molecule has 2 aliphatic rings. The molecule has 3 heterocycles. The van der Waals surface area contributed by atoms with Crippen LogP contribution in [0.4, 0.5) is 34.1 Å². The van der Waals surface area contributed by atoms with Gasteiger partial charge in [-0.2, -0.15) is 0 Å². The van der Waals surface area contributed by atoms with Gasteiger partial charge in [0.1, 0.15) is 5.58 Å². The summed E-state index contributed by atoms with van der Waals surface area (Å²) in [5, 5.41) is 9.63. The van der Waals surface area contributed by atoms with E-state index in [0.717, 1.165) is 67.2 Å². The number of hydrogen-bond acceptors (Lipinski definition) is 5. The fraction of sp³-hybridized carbons (Fsp3) is 0.0130. The zero-order valence-electron chi connectivity index (χ0n) is 44.2. The van der Waals surface area contributed by atoms with Gasteiger partial charge in [0.25, 0.3) is 0 Å². The second-order valence-electron chi connectivity index (χ2n) is 21.8. The molecule has 0 saturated carbocycles. The van der Waals surface area contributed by atoms with Crippen LogP contribution in [0.3, 0.4) is 0 Å². The maximum absolute atomic E-state index is 7.35. The van der Waals surface area contributed by atoms with E-state index in [0.29, 0.717) is 0 Å². The second-order valence-corrected chi connectivity index (χ2v) is 24.0. The first-order chi connectivity index (χ1) is 40.7. The van der Waals surface area contributed by atoms with Crippen molar-refractivity contribution in [3.05, 3.63) is 301 Å². The number of benzene rings is 13. The van der Waals surface area contributed by atoms with E-state index >= 15 is 0 Å². The monoisotopic (exact) mass is 1080 g/mol. The molecule has 0 bridgehead atoms. The van der Waals surface area contributed by atoms with Gasteiger partial charge in [-0.15, -0.1) is 22.7 Å². The number of anilines is 6. The highest BCUT2D eigenvalue weighted by atomic mass is 32.1. The van der Waals surface area contributed by atoms with Crippen molar-refractivity contribution >= 4 is 130 Å². The molecule has 16 aromatic rings. The predicted molar refractivity (Wildman–Crippen MR) is 348 cm³/mol. The Bertz CT molecular complexity index is 5320. The standard InChI is InChI=1S/C77H46N2OS2/c1-3-21-51(22-4-1)78(68-33-17-29-58-56-27-11-15-35-72(56)81-75(58)68)53-45-63-62-43-50(38-40-71(62)80-74(63)70(46-53)79(52-23-5-2-6-24-52)69-34-18-30-59-57-28-12-16-36-73(57)82-76(59)69)49-37-39-66-60(42-49)54-25-9-13-31-64(54)77(66)65-32-14-10-26-55(65)61-41-47-19-7-8-20-48(47)44-67(61)77/h1-46H. The van der Waals surface area contributed by atoms with Crippen LogP contribution in [0, 0.1) is 0 Å². The Morgan fingerprint density at radius 1 is 0.293 bits per heavy atom. The van der Waals surface area contributed by atoms with Gasteiger partial charge in [-0.3, -0.25) is 0 Å². The third-order valence-electron chi connectivity index (χ3n) is 17.6. The van der Waals surface area contributed by atoms with E-state index in [1.807, 2.05) is 22.7 Å². The number of para-hydroxylation sites is 2. The van der Waals surface area contributed by atoms with Gasteiger partial charge in [0, 0.05) is 58.8 Å². The zero-order chi connectivity index (χ0) is 53.6. The summed E-state index contributed by atoms with van der Waals surface area (Å²) in [7, 11) is 0. The minimum Gasteiger partial charge on any atom is -0.454 e. The molecule has 0 amide bonds. The normalized spacial score (nSPS) is 14.1. The topological polar surface area (TPSA) is 19.6 Å². The Hall–Kier alpha value is -10.0. The Kier molecular flexibility index (Phi) is 9.76. The van der Waals surface area contributed by atoms with Gasteiger partial charge in [-0.1, -0.05) is 188 Å². The molecule has 1 unspecified atom stereocenters. The van der Waals surface area contributed by atoms with Crippen LogP contribution in [0.15, 0.2) is 283 Å². The molecule has 3 aromatic heterocycles. The summed E-state index contributed by atoms with van der Waals surface area (Å²) in [6.07, 6.45) is 0. The van der Waals surface area contributed by atoms with Gasteiger partial charge in [-0.25, -0.2) is 0 Å². The van der Waals surface area contributed by atoms with Gasteiger partial charge in [0.15, 0.2) is 5.58 Å². The average molecular weight is 1080 g/mol. The maximum atomic E-state index is 7.35. The van der Waals surface area contributed by atoms with Crippen molar-refractivity contribution in [1.29, 1.82) is 0 Å². The molecule has 1 spiro atoms. The number of hydrogen-bond donors (Lipinski definition) is 0. The highest BCUT2D eigenvalue weighted by molar-refractivity contribution is 7.26. The molecule has 0 N–H and O–H groups in total. The van der Waals surface area contributed by atoms with Crippen LogP contribution in [-0.2, 0) is 5.41 Å². The predicted octanol–water partition coefficient (Wildman–Crippen LogP) is 22.4. The number of thiophene rings is 2. The van der Waals surface area contributed by atoms with Gasteiger partial charge in [-0.05, 0) is 157 Å². The first kappa shape index (κ1) is 45.8. The lowest BCUT2D eigenvalue weighted by atomic mass is 9.70. The molecule has 382 valence electrons. The molecule has 2 aliphatic carbocycles. The Morgan fingerprint density at radius 3 is 1.48 bits per heavy atom. The zero-order valence-corrected chi connectivity index (χ0v) is 45.8. The van der Waals surface area contributed by atoms with Crippen molar-refractivity contribution in [3.8, 4) is 33.4 Å². The number of furan rings is 1. The molecule has 3 nitrogen and oxygen atoms in total. The van der Waals surface area contributed by atoms with Crippen LogP contribution in [0.25, 0.3) is 106 Å². The van der Waals surface area contributed by atoms with Crippen LogP contribution >= 0.6 is 22.7 Å². The average Bonchev–Trinajstić information content (AvgIpc) is 3.82. The summed E-state index contributed by atoms with van der Waals surface area (Å²) in [5.41, 5.74) is 20.3. The molecule has 0 aliphatic heterocycles. The number of nitrogens with zero attached hydrogens (tertiary/aromatic N) is 2. The summed E-state index contributed by atoms with van der Waals surface area (Å²) in [5.74, 6) is 0. The fourth-order valence-corrected chi connectivity index (χ4v) is 16.5. The van der Waals surface area contributed by atoms with E-state index in [-0.39, 0.29) is 0 Å². The van der Waals surface area contributed by atoms with Gasteiger partial charge in [0.05, 0.1) is 31.9 Å². The summed E-state index contributed by atoms with van der Waals surface area (Å²) < 4.78 is 12.3. The van der Waals surface area contributed by atoms with Crippen LogP contribution in [0.1, 0.15) is 22.3 Å². The molecule has 5 heteroatoms. The van der Waals surface area contributed by atoms with Crippen molar-refractivity contribution in [1.82, 2.24) is 0 Å². The summed E-state index contributed by atoms with van der Waals surface area (Å²) in [4.78, 5) is 4.90. The van der Waals surface area contributed by atoms with E-state index < -0.39 is 5.41 Å². The quantitative estimate of drug-likeness (QED) is 0.159. The summed E-state index contributed by atoms with van der Waals surface area (Å²) >= 11 is 3.70. The molecule has 0 radical (unpaired) electrons. The molecule has 0 saturated heterocycles. The maximum Gasteiger partial charge on any atom is 0.159 e. The van der Waals surface area contributed by atoms with Crippen molar-refractivity contribution in [3.63, 3.8) is 0 Å². The van der Waals surface area contributed by atoms with Gasteiger partial charge < -0.3 is 14.2 Å². The molecule has 0 fully saturated rings. The molecular weight excluding hydrogens is 1030 g/mol.